The molecule has 0 spiro atoms. The van der Waals surface area contributed by atoms with Crippen molar-refractivity contribution < 1.29 is 9.18 Å². The van der Waals surface area contributed by atoms with Gasteiger partial charge in [-0.2, -0.15) is 0 Å². The molecule has 5 nitrogen and oxygen atoms in total. The number of hydrogen-bond donors (Lipinski definition) is 1. The molecule has 0 bridgehead atoms. The van der Waals surface area contributed by atoms with Crippen molar-refractivity contribution in [2.45, 2.75) is 31.7 Å². The minimum absolute atomic E-state index is 0.142. The van der Waals surface area contributed by atoms with Crippen molar-refractivity contribution in [2.75, 3.05) is 19.6 Å². The number of aromatic nitrogens is 2. The zero-order valence-electron chi connectivity index (χ0n) is 14.7. The first-order valence-electron chi connectivity index (χ1n) is 9.28. The zero-order valence-corrected chi connectivity index (χ0v) is 14.7. The third-order valence-corrected chi connectivity index (χ3v) is 5.13. The molecule has 1 aromatic heterocycles. The highest BCUT2D eigenvalue weighted by atomic mass is 19.1. The SMILES string of the molecule is O=C(NC1CCN(CC2CC2)CC1)c1cnc(-c2cccc(F)c2)nc1. The molecule has 1 amide bonds. The van der Waals surface area contributed by atoms with Crippen LogP contribution in [0.2, 0.25) is 0 Å². The van der Waals surface area contributed by atoms with Gasteiger partial charge in [0.2, 0.25) is 0 Å². The Bertz CT molecular complexity index is 768. The van der Waals surface area contributed by atoms with E-state index < -0.39 is 0 Å². The molecule has 2 heterocycles. The van der Waals surface area contributed by atoms with Crippen molar-refractivity contribution >= 4 is 5.91 Å². The van der Waals surface area contributed by atoms with E-state index in [0.29, 0.717) is 17.0 Å². The van der Waals surface area contributed by atoms with Gasteiger partial charge >= 0.3 is 0 Å². The quantitative estimate of drug-likeness (QED) is 0.897. The van der Waals surface area contributed by atoms with E-state index in [1.165, 1.54) is 43.9 Å². The van der Waals surface area contributed by atoms with Gasteiger partial charge in [-0.1, -0.05) is 12.1 Å². The standard InChI is InChI=1S/C20H23FN4O/c21-17-3-1-2-15(10-17)19-22-11-16(12-23-19)20(26)24-18-6-8-25(9-7-18)13-14-4-5-14/h1-3,10-12,14,18H,4-9,13H2,(H,24,26). The van der Waals surface area contributed by atoms with E-state index in [9.17, 15) is 9.18 Å². The number of benzene rings is 1. The lowest BCUT2D eigenvalue weighted by Crippen LogP contribution is -2.45. The Morgan fingerprint density at radius 2 is 1.88 bits per heavy atom. The van der Waals surface area contributed by atoms with Crippen molar-refractivity contribution in [2.24, 2.45) is 5.92 Å². The van der Waals surface area contributed by atoms with Crippen LogP contribution < -0.4 is 5.32 Å². The van der Waals surface area contributed by atoms with Gasteiger partial charge < -0.3 is 10.2 Å². The molecule has 26 heavy (non-hydrogen) atoms. The minimum Gasteiger partial charge on any atom is -0.349 e. The molecular formula is C20H23FN4O. The average Bonchev–Trinajstić information content (AvgIpc) is 3.47. The van der Waals surface area contributed by atoms with Gasteiger partial charge in [-0.15, -0.1) is 0 Å². The van der Waals surface area contributed by atoms with E-state index in [1.54, 1.807) is 12.1 Å². The number of likely N-dealkylation sites (tertiary alicyclic amines) is 1. The van der Waals surface area contributed by atoms with Gasteiger partial charge in [0.1, 0.15) is 5.82 Å². The molecule has 2 fully saturated rings. The number of amides is 1. The smallest absolute Gasteiger partial charge is 0.254 e. The Labute approximate surface area is 152 Å². The highest BCUT2D eigenvalue weighted by molar-refractivity contribution is 5.93. The summed E-state index contributed by atoms with van der Waals surface area (Å²) in [4.78, 5) is 23.3. The fourth-order valence-corrected chi connectivity index (χ4v) is 3.42. The van der Waals surface area contributed by atoms with E-state index in [-0.39, 0.29) is 17.8 Å². The number of piperidine rings is 1. The van der Waals surface area contributed by atoms with Gasteiger partial charge in [0, 0.05) is 43.6 Å². The molecule has 0 unspecified atom stereocenters. The highest BCUT2D eigenvalue weighted by Crippen LogP contribution is 2.30. The zero-order chi connectivity index (χ0) is 17.9. The molecule has 1 N–H and O–H groups in total. The Balaban J connectivity index is 1.32. The third kappa shape index (κ3) is 4.25. The molecule has 2 aromatic rings. The van der Waals surface area contributed by atoms with Crippen molar-refractivity contribution in [3.63, 3.8) is 0 Å². The topological polar surface area (TPSA) is 58.1 Å². The molecule has 1 saturated carbocycles. The summed E-state index contributed by atoms with van der Waals surface area (Å²) in [7, 11) is 0. The first-order chi connectivity index (χ1) is 12.7. The summed E-state index contributed by atoms with van der Waals surface area (Å²) in [6.07, 6.45) is 7.74. The van der Waals surface area contributed by atoms with Gasteiger partial charge in [0.25, 0.3) is 5.91 Å². The molecule has 1 aliphatic heterocycles. The van der Waals surface area contributed by atoms with E-state index in [0.717, 1.165) is 31.8 Å². The van der Waals surface area contributed by atoms with E-state index in [4.69, 9.17) is 0 Å². The van der Waals surface area contributed by atoms with Crippen molar-refractivity contribution in [3.05, 3.63) is 48.0 Å². The number of hydrogen-bond acceptors (Lipinski definition) is 4. The molecular weight excluding hydrogens is 331 g/mol. The second-order valence-electron chi connectivity index (χ2n) is 7.30. The Morgan fingerprint density at radius 1 is 1.15 bits per heavy atom. The van der Waals surface area contributed by atoms with Gasteiger partial charge in [0.05, 0.1) is 5.56 Å². The predicted molar refractivity (Wildman–Crippen MR) is 97.1 cm³/mol. The first-order valence-corrected chi connectivity index (χ1v) is 9.28. The number of nitrogens with zero attached hydrogens (tertiary/aromatic N) is 3. The fourth-order valence-electron chi connectivity index (χ4n) is 3.42. The van der Waals surface area contributed by atoms with Crippen LogP contribution >= 0.6 is 0 Å². The second kappa shape index (κ2) is 7.50. The average molecular weight is 354 g/mol. The lowest BCUT2D eigenvalue weighted by atomic mass is 10.0. The highest BCUT2D eigenvalue weighted by Gasteiger charge is 2.27. The number of nitrogens with one attached hydrogen (secondary N) is 1. The van der Waals surface area contributed by atoms with Crippen molar-refractivity contribution in [1.82, 2.24) is 20.2 Å². The Hall–Kier alpha value is -2.34. The number of rotatable bonds is 5. The lowest BCUT2D eigenvalue weighted by Gasteiger charge is -2.32. The van der Waals surface area contributed by atoms with Crippen LogP contribution in [0.5, 0.6) is 0 Å². The summed E-state index contributed by atoms with van der Waals surface area (Å²) < 4.78 is 13.3. The summed E-state index contributed by atoms with van der Waals surface area (Å²) >= 11 is 0. The van der Waals surface area contributed by atoms with Crippen LogP contribution in [0.3, 0.4) is 0 Å². The monoisotopic (exact) mass is 354 g/mol. The van der Waals surface area contributed by atoms with Crippen LogP contribution in [0.1, 0.15) is 36.0 Å². The Morgan fingerprint density at radius 3 is 2.54 bits per heavy atom. The number of carbonyl (C=O) groups excluding carboxylic acids is 1. The largest absolute Gasteiger partial charge is 0.349 e. The Kier molecular flexibility index (Phi) is 4.93. The molecule has 4 rings (SSSR count). The normalized spacial score (nSPS) is 18.7. The van der Waals surface area contributed by atoms with Crippen LogP contribution in [-0.2, 0) is 0 Å². The molecule has 1 saturated heterocycles. The molecule has 0 radical (unpaired) electrons. The van der Waals surface area contributed by atoms with Gasteiger partial charge in [-0.25, -0.2) is 14.4 Å². The molecule has 0 atom stereocenters. The second-order valence-corrected chi connectivity index (χ2v) is 7.30. The van der Waals surface area contributed by atoms with E-state index in [1.807, 2.05) is 0 Å². The lowest BCUT2D eigenvalue weighted by molar-refractivity contribution is 0.0909. The maximum absolute atomic E-state index is 13.3. The fraction of sp³-hybridized carbons (Fsp3) is 0.450. The van der Waals surface area contributed by atoms with Crippen LogP contribution in [0.15, 0.2) is 36.7 Å². The van der Waals surface area contributed by atoms with Crippen molar-refractivity contribution in [1.29, 1.82) is 0 Å². The van der Waals surface area contributed by atoms with E-state index >= 15 is 0 Å². The van der Waals surface area contributed by atoms with Crippen LogP contribution in [0.25, 0.3) is 11.4 Å². The molecule has 1 aromatic carbocycles. The maximum Gasteiger partial charge on any atom is 0.254 e. The van der Waals surface area contributed by atoms with Crippen LogP contribution in [-0.4, -0.2) is 46.5 Å². The van der Waals surface area contributed by atoms with Gasteiger partial charge in [0.15, 0.2) is 5.82 Å². The summed E-state index contributed by atoms with van der Waals surface area (Å²) in [6.45, 7) is 3.32. The van der Waals surface area contributed by atoms with Crippen LogP contribution in [0.4, 0.5) is 4.39 Å². The molecule has 6 heteroatoms. The first kappa shape index (κ1) is 17.1. The van der Waals surface area contributed by atoms with Crippen molar-refractivity contribution in [3.8, 4) is 11.4 Å². The van der Waals surface area contributed by atoms with Gasteiger partial charge in [-0.05, 0) is 43.7 Å². The minimum atomic E-state index is -0.332. The van der Waals surface area contributed by atoms with Gasteiger partial charge in [-0.3, -0.25) is 4.79 Å². The van der Waals surface area contributed by atoms with E-state index in [2.05, 4.69) is 20.2 Å². The summed E-state index contributed by atoms with van der Waals surface area (Å²) in [5.41, 5.74) is 1.03. The summed E-state index contributed by atoms with van der Waals surface area (Å²) in [5, 5.41) is 3.09. The van der Waals surface area contributed by atoms with Crippen LogP contribution in [0, 0.1) is 11.7 Å². The molecule has 136 valence electrons. The molecule has 2 aliphatic rings. The summed E-state index contributed by atoms with van der Waals surface area (Å²) in [6, 6.07) is 6.32. The maximum atomic E-state index is 13.3. The number of halogens is 1. The predicted octanol–water partition coefficient (Wildman–Crippen LogP) is 2.89. The molecule has 1 aliphatic carbocycles. The summed E-state index contributed by atoms with van der Waals surface area (Å²) in [5.74, 6) is 0.849. The number of carbonyl (C=O) groups is 1. The third-order valence-electron chi connectivity index (χ3n) is 5.13.